The molecule has 0 radical (unpaired) electrons. The minimum Gasteiger partial charge on any atom is -0.460 e. The highest BCUT2D eigenvalue weighted by molar-refractivity contribution is 6.33. The number of rotatable bonds is 16. The molecular weight excluding hydrogens is 804 g/mol. The SMILES string of the molecule is CC(=O)Nc1nc(Cl)c2c(ncn2[C@@H]2O[C@@H](C(N=[N+]=[N-])C(=O)OCc3ccccc3)[C@@H](OCc3ccccc3)[C@@]3(OCc4ccccc4)[C@@H](OCc4ccccc4)CO[C@@H]23)n1. The number of esters is 1. The van der Waals surface area contributed by atoms with E-state index in [0.717, 1.165) is 16.7 Å². The monoisotopic (exact) mass is 844 g/mol. The Hall–Kier alpha value is -6.23. The fraction of sp³-hybridized carbons (Fsp3) is 0.295. The predicted octanol–water partition coefficient (Wildman–Crippen LogP) is 7.28. The van der Waals surface area contributed by atoms with Gasteiger partial charge in [-0.05, 0) is 27.8 Å². The summed E-state index contributed by atoms with van der Waals surface area (Å²) in [6.07, 6.45) is -4.30. The first-order chi connectivity index (χ1) is 29.8. The maximum atomic E-state index is 14.4. The van der Waals surface area contributed by atoms with Gasteiger partial charge in [-0.2, -0.15) is 9.97 Å². The van der Waals surface area contributed by atoms with E-state index in [-0.39, 0.29) is 55.3 Å². The minimum absolute atomic E-state index is 0.00174. The van der Waals surface area contributed by atoms with Crippen LogP contribution in [0.3, 0.4) is 0 Å². The van der Waals surface area contributed by atoms with Crippen LogP contribution in [0.4, 0.5) is 5.95 Å². The number of halogens is 1. The number of fused-ring (bicyclic) bond motifs is 2. The van der Waals surface area contributed by atoms with E-state index in [0.29, 0.717) is 5.56 Å². The van der Waals surface area contributed by atoms with Crippen molar-refractivity contribution in [1.82, 2.24) is 19.5 Å². The van der Waals surface area contributed by atoms with Crippen molar-refractivity contribution in [2.75, 3.05) is 11.9 Å². The van der Waals surface area contributed by atoms with Crippen molar-refractivity contribution in [1.29, 1.82) is 0 Å². The summed E-state index contributed by atoms with van der Waals surface area (Å²) in [6.45, 7) is 1.46. The summed E-state index contributed by atoms with van der Waals surface area (Å²) in [5.41, 5.74) is 12.1. The second kappa shape index (κ2) is 19.0. The second-order valence-corrected chi connectivity index (χ2v) is 14.8. The number of nitrogens with one attached hydrogen (secondary N) is 1. The molecule has 0 aliphatic carbocycles. The third-order valence-corrected chi connectivity index (χ3v) is 10.7. The third-order valence-electron chi connectivity index (χ3n) is 10.5. The van der Waals surface area contributed by atoms with Crippen LogP contribution in [0.1, 0.15) is 35.4 Å². The normalized spacial score (nSPS) is 22.5. The number of aromatic nitrogens is 4. The van der Waals surface area contributed by atoms with Gasteiger partial charge in [0.1, 0.15) is 36.5 Å². The Morgan fingerprint density at radius 3 is 2.03 bits per heavy atom. The highest BCUT2D eigenvalue weighted by Gasteiger charge is 2.69. The number of amides is 1. The van der Waals surface area contributed by atoms with Crippen LogP contribution >= 0.6 is 11.6 Å². The molecule has 4 heterocycles. The average Bonchev–Trinajstić information content (AvgIpc) is 3.89. The number of carbonyl (C=O) groups is 2. The van der Waals surface area contributed by atoms with Crippen molar-refractivity contribution < 1.29 is 38.0 Å². The van der Waals surface area contributed by atoms with Crippen LogP contribution in [-0.4, -0.2) is 74.1 Å². The van der Waals surface area contributed by atoms with Crippen LogP contribution < -0.4 is 5.32 Å². The van der Waals surface area contributed by atoms with Gasteiger partial charge in [-0.1, -0.05) is 138 Å². The third kappa shape index (κ3) is 9.11. The molecule has 2 aliphatic heterocycles. The van der Waals surface area contributed by atoms with Gasteiger partial charge in [-0.25, -0.2) is 4.98 Å². The van der Waals surface area contributed by atoms with Gasteiger partial charge < -0.3 is 28.4 Å². The zero-order chi connectivity index (χ0) is 42.2. The number of carbonyl (C=O) groups excluding carboxylic acids is 2. The summed E-state index contributed by atoms with van der Waals surface area (Å²) in [4.78, 5) is 42.6. The Bertz CT molecular complexity index is 2480. The minimum atomic E-state index is -1.63. The first kappa shape index (κ1) is 41.5. The molecule has 1 unspecified atom stereocenters. The molecule has 4 aromatic carbocycles. The van der Waals surface area contributed by atoms with Crippen LogP contribution in [0, 0.1) is 0 Å². The molecular formula is C44H41ClN8O8. The molecule has 6 aromatic rings. The zero-order valence-corrected chi connectivity index (χ0v) is 33.7. The topological polar surface area (TPSA) is 194 Å². The summed E-state index contributed by atoms with van der Waals surface area (Å²) in [5, 5.41) is 6.51. The Balaban J connectivity index is 1.29. The largest absolute Gasteiger partial charge is 0.460 e. The Labute approximate surface area is 355 Å². The fourth-order valence-corrected chi connectivity index (χ4v) is 7.96. The van der Waals surface area contributed by atoms with Crippen molar-refractivity contribution in [3.05, 3.63) is 166 Å². The molecule has 1 amide bonds. The molecule has 7 atom stereocenters. The standard InChI is InChI=1S/C44H41ClN8O8/c1-28(54)48-43-49-39(45)35-40(50-43)47-27-53(35)41-38-44(60-25-32-20-12-5-13-21-32,33(26-58-38)56-22-29-14-6-2-7-15-29)37(57-23-30-16-8-3-9-17-30)36(61-41)34(51-52-46)42(55)59-24-31-18-10-4-11-19-31/h2-21,27,33-34,36-38,41H,22-26H2,1H3,(H,48,49,50,54)/t33-,34?,36-,37+,38-,41+,44-/m0/s1. The van der Waals surface area contributed by atoms with Gasteiger partial charge in [0.25, 0.3) is 0 Å². The van der Waals surface area contributed by atoms with Crippen molar-refractivity contribution in [2.24, 2.45) is 5.11 Å². The number of benzene rings is 4. The number of imidazole rings is 1. The molecule has 17 heteroatoms. The fourth-order valence-electron chi connectivity index (χ4n) is 7.70. The number of ether oxygens (including phenoxy) is 6. The lowest BCUT2D eigenvalue weighted by molar-refractivity contribution is -0.316. The van der Waals surface area contributed by atoms with Crippen molar-refractivity contribution in [3.63, 3.8) is 0 Å². The van der Waals surface area contributed by atoms with Gasteiger partial charge >= 0.3 is 5.97 Å². The van der Waals surface area contributed by atoms with Gasteiger partial charge in [0.2, 0.25) is 11.9 Å². The summed E-state index contributed by atoms with van der Waals surface area (Å²) in [6, 6.07) is 36.1. The Morgan fingerprint density at radius 2 is 1.44 bits per heavy atom. The van der Waals surface area contributed by atoms with Gasteiger partial charge in [-0.15, -0.1) is 0 Å². The maximum Gasteiger partial charge on any atom is 0.318 e. The maximum absolute atomic E-state index is 14.4. The molecule has 0 bridgehead atoms. The van der Waals surface area contributed by atoms with E-state index < -0.39 is 54.2 Å². The van der Waals surface area contributed by atoms with Gasteiger partial charge in [0, 0.05) is 11.8 Å². The average molecular weight is 845 g/mol. The van der Waals surface area contributed by atoms with Gasteiger partial charge in [0.15, 0.2) is 28.7 Å². The molecule has 0 spiro atoms. The molecule has 2 aromatic heterocycles. The van der Waals surface area contributed by atoms with Crippen molar-refractivity contribution >= 4 is 40.6 Å². The van der Waals surface area contributed by atoms with E-state index in [1.165, 1.54) is 13.3 Å². The van der Waals surface area contributed by atoms with E-state index in [9.17, 15) is 15.1 Å². The summed E-state index contributed by atoms with van der Waals surface area (Å²) in [5.74, 6) is -1.32. The predicted molar refractivity (Wildman–Crippen MR) is 221 cm³/mol. The lowest BCUT2D eigenvalue weighted by Crippen LogP contribution is -2.71. The molecule has 2 fully saturated rings. The second-order valence-electron chi connectivity index (χ2n) is 14.5. The Kier molecular flexibility index (Phi) is 12.9. The highest BCUT2D eigenvalue weighted by Crippen LogP contribution is 2.50. The summed E-state index contributed by atoms with van der Waals surface area (Å²) in [7, 11) is 0. The van der Waals surface area contributed by atoms with Crippen LogP contribution in [0.5, 0.6) is 0 Å². The molecule has 312 valence electrons. The van der Waals surface area contributed by atoms with E-state index in [1.54, 1.807) is 4.57 Å². The molecule has 8 rings (SSSR count). The number of anilines is 1. The number of hydrogen-bond donors (Lipinski definition) is 1. The molecule has 2 aliphatic rings. The highest BCUT2D eigenvalue weighted by atomic mass is 35.5. The van der Waals surface area contributed by atoms with E-state index in [4.69, 9.17) is 40.0 Å². The van der Waals surface area contributed by atoms with Crippen molar-refractivity contribution in [3.8, 4) is 0 Å². The molecule has 1 N–H and O–H groups in total. The number of azide groups is 1. The first-order valence-electron chi connectivity index (χ1n) is 19.5. The summed E-state index contributed by atoms with van der Waals surface area (Å²) >= 11 is 6.84. The lowest BCUT2D eigenvalue weighted by atomic mass is 9.78. The Morgan fingerprint density at radius 1 is 0.869 bits per heavy atom. The molecule has 16 nitrogen and oxygen atoms in total. The van der Waals surface area contributed by atoms with Crippen molar-refractivity contribution in [2.45, 2.75) is 75.6 Å². The smallest absolute Gasteiger partial charge is 0.318 e. The first-order valence-corrected chi connectivity index (χ1v) is 19.9. The van der Waals surface area contributed by atoms with Gasteiger partial charge in [-0.3, -0.25) is 19.5 Å². The molecule has 61 heavy (non-hydrogen) atoms. The van der Waals surface area contributed by atoms with E-state index in [1.807, 2.05) is 121 Å². The van der Waals surface area contributed by atoms with Crippen LogP contribution in [0.2, 0.25) is 5.15 Å². The number of nitrogens with zero attached hydrogens (tertiary/aromatic N) is 7. The zero-order valence-electron chi connectivity index (χ0n) is 32.9. The van der Waals surface area contributed by atoms with Crippen LogP contribution in [0.15, 0.2) is 133 Å². The van der Waals surface area contributed by atoms with E-state index >= 15 is 0 Å². The van der Waals surface area contributed by atoms with Gasteiger partial charge in [0.05, 0.1) is 32.8 Å². The van der Waals surface area contributed by atoms with E-state index in [2.05, 4.69) is 30.3 Å². The summed E-state index contributed by atoms with van der Waals surface area (Å²) < 4.78 is 42.0. The van der Waals surface area contributed by atoms with Crippen LogP contribution in [0.25, 0.3) is 21.6 Å². The quantitative estimate of drug-likeness (QED) is 0.0338. The number of hydrogen-bond acceptors (Lipinski definition) is 12. The molecule has 0 saturated carbocycles. The lowest BCUT2D eigenvalue weighted by Gasteiger charge is -2.53. The van der Waals surface area contributed by atoms with Crippen LogP contribution in [-0.2, 0) is 64.4 Å². The molecule has 2 saturated heterocycles.